The van der Waals surface area contributed by atoms with Crippen LogP contribution in [0.5, 0.6) is 0 Å². The van der Waals surface area contributed by atoms with E-state index >= 15 is 0 Å². The molecule has 1 aliphatic rings. The van der Waals surface area contributed by atoms with Gasteiger partial charge < -0.3 is 9.80 Å². The number of anilines is 2. The van der Waals surface area contributed by atoms with Gasteiger partial charge in [-0.1, -0.05) is 30.3 Å². The molecule has 0 aliphatic carbocycles. The van der Waals surface area contributed by atoms with Crippen molar-refractivity contribution >= 4 is 22.1 Å². The second-order valence-electron chi connectivity index (χ2n) is 7.51. The molecule has 0 amide bonds. The molecule has 5 heteroatoms. The van der Waals surface area contributed by atoms with E-state index < -0.39 is 0 Å². The van der Waals surface area contributed by atoms with Crippen molar-refractivity contribution in [3.63, 3.8) is 0 Å². The lowest BCUT2D eigenvalue weighted by Gasteiger charge is -2.25. The first-order valence-corrected chi connectivity index (χ1v) is 9.81. The Labute approximate surface area is 169 Å². The first kappa shape index (κ1) is 17.6. The number of rotatable bonds is 2. The number of likely N-dealkylation sites (N-methyl/N-ethyl adjacent to an activating group) is 1. The Morgan fingerprint density at radius 1 is 0.828 bits per heavy atom. The Morgan fingerprint density at radius 2 is 1.66 bits per heavy atom. The minimum Gasteiger partial charge on any atom is -0.340 e. The third kappa shape index (κ3) is 3.30. The van der Waals surface area contributed by atoms with Crippen LogP contribution in [0.4, 0.5) is 11.4 Å². The highest BCUT2D eigenvalue weighted by molar-refractivity contribution is 5.87. The van der Waals surface area contributed by atoms with Crippen molar-refractivity contribution in [1.29, 1.82) is 0 Å². The van der Waals surface area contributed by atoms with Crippen molar-refractivity contribution in [3.05, 3.63) is 94.9 Å². The summed E-state index contributed by atoms with van der Waals surface area (Å²) in [7, 11) is 2.13. The number of nitrogens with zero attached hydrogens (tertiary/aromatic N) is 4. The quantitative estimate of drug-likeness (QED) is 0.526. The van der Waals surface area contributed by atoms with Crippen LogP contribution in [0.3, 0.4) is 0 Å². The molecule has 0 bridgehead atoms. The molecular formula is C24H22N4O. The van der Waals surface area contributed by atoms with Crippen LogP contribution in [0, 0.1) is 0 Å². The summed E-state index contributed by atoms with van der Waals surface area (Å²) in [4.78, 5) is 16.9. The van der Waals surface area contributed by atoms with Crippen LogP contribution in [0.2, 0.25) is 0 Å². The van der Waals surface area contributed by atoms with Crippen LogP contribution >= 0.6 is 0 Å². The summed E-state index contributed by atoms with van der Waals surface area (Å²) in [5, 5.41) is 6.71. The lowest BCUT2D eigenvalue weighted by atomic mass is 10.1. The Hall–Kier alpha value is -3.44. The average Bonchev–Trinajstić information content (AvgIpc) is 2.91. The summed E-state index contributed by atoms with van der Waals surface area (Å²) in [5.41, 5.74) is 4.22. The highest BCUT2D eigenvalue weighted by Gasteiger charge is 2.20. The van der Waals surface area contributed by atoms with Crippen LogP contribution in [0.25, 0.3) is 16.5 Å². The van der Waals surface area contributed by atoms with Gasteiger partial charge in [0, 0.05) is 43.3 Å². The van der Waals surface area contributed by atoms with Crippen molar-refractivity contribution in [2.75, 3.05) is 25.0 Å². The molecule has 5 nitrogen and oxygen atoms in total. The van der Waals surface area contributed by atoms with Crippen LogP contribution in [-0.4, -0.2) is 34.8 Å². The zero-order chi connectivity index (χ0) is 19.8. The predicted molar refractivity (Wildman–Crippen MR) is 117 cm³/mol. The first-order chi connectivity index (χ1) is 14.2. The molecule has 3 aromatic carbocycles. The van der Waals surface area contributed by atoms with Crippen LogP contribution in [0.1, 0.15) is 5.56 Å². The van der Waals surface area contributed by atoms with Crippen LogP contribution < -0.4 is 10.5 Å². The van der Waals surface area contributed by atoms with E-state index in [1.807, 2.05) is 6.07 Å². The van der Waals surface area contributed by atoms with Gasteiger partial charge in [-0.05, 0) is 59.8 Å². The van der Waals surface area contributed by atoms with E-state index in [1.165, 1.54) is 38.5 Å². The second kappa shape index (κ2) is 7.18. The highest BCUT2D eigenvalue weighted by atomic mass is 16.1. The number of benzene rings is 3. The fraction of sp³-hybridized carbons (Fsp3) is 0.167. The summed E-state index contributed by atoms with van der Waals surface area (Å²) in [6.45, 7) is 2.69. The monoisotopic (exact) mass is 382 g/mol. The second-order valence-corrected chi connectivity index (χ2v) is 7.51. The largest absolute Gasteiger partial charge is 0.340 e. The van der Waals surface area contributed by atoms with Crippen molar-refractivity contribution in [3.8, 4) is 5.69 Å². The molecule has 0 saturated heterocycles. The lowest BCUT2D eigenvalue weighted by molar-refractivity contribution is 0.343. The normalized spacial score (nSPS) is 14.6. The molecule has 0 radical (unpaired) electrons. The molecular weight excluding hydrogens is 360 g/mol. The molecule has 2 heterocycles. The fourth-order valence-electron chi connectivity index (χ4n) is 4.02. The Morgan fingerprint density at radius 3 is 2.52 bits per heavy atom. The summed E-state index contributed by atoms with van der Waals surface area (Å²) in [5.74, 6) is 0. The van der Waals surface area contributed by atoms with Crippen molar-refractivity contribution in [2.45, 2.75) is 6.54 Å². The third-order valence-corrected chi connectivity index (χ3v) is 5.50. The SMILES string of the molecule is CN1CCN(c2ccc3ccccc3c2)c2ccc(-n3ncccc3=O)cc2C1. The number of hydrogen-bond acceptors (Lipinski definition) is 4. The van der Waals surface area contributed by atoms with Gasteiger partial charge in [-0.2, -0.15) is 9.78 Å². The molecule has 0 N–H and O–H groups in total. The first-order valence-electron chi connectivity index (χ1n) is 9.81. The highest BCUT2D eigenvalue weighted by Crippen LogP contribution is 2.34. The molecule has 1 aromatic heterocycles. The maximum absolute atomic E-state index is 12.2. The topological polar surface area (TPSA) is 41.4 Å². The molecule has 0 atom stereocenters. The lowest BCUT2D eigenvalue weighted by Crippen LogP contribution is -2.26. The molecule has 0 spiro atoms. The molecule has 4 aromatic rings. The molecule has 0 unspecified atom stereocenters. The Balaban J connectivity index is 1.62. The number of aromatic nitrogens is 2. The molecule has 5 rings (SSSR count). The molecule has 0 fully saturated rings. The van der Waals surface area contributed by atoms with Crippen molar-refractivity contribution in [1.82, 2.24) is 14.7 Å². The predicted octanol–water partition coefficient (Wildman–Crippen LogP) is 3.97. The van der Waals surface area contributed by atoms with Gasteiger partial charge >= 0.3 is 0 Å². The van der Waals surface area contributed by atoms with Gasteiger partial charge in [-0.25, -0.2) is 0 Å². The van der Waals surface area contributed by atoms with E-state index in [1.54, 1.807) is 12.3 Å². The Kier molecular flexibility index (Phi) is 4.37. The van der Waals surface area contributed by atoms with Gasteiger partial charge in [0.2, 0.25) is 0 Å². The fourth-order valence-corrected chi connectivity index (χ4v) is 4.02. The van der Waals surface area contributed by atoms with Gasteiger partial charge in [0.1, 0.15) is 0 Å². The van der Waals surface area contributed by atoms with Gasteiger partial charge in [0.15, 0.2) is 0 Å². The zero-order valence-corrected chi connectivity index (χ0v) is 16.3. The van der Waals surface area contributed by atoms with Crippen molar-refractivity contribution in [2.24, 2.45) is 0 Å². The van der Waals surface area contributed by atoms with Gasteiger partial charge in [0.25, 0.3) is 5.56 Å². The van der Waals surface area contributed by atoms with Crippen LogP contribution in [-0.2, 0) is 6.54 Å². The molecule has 1 aliphatic heterocycles. The summed E-state index contributed by atoms with van der Waals surface area (Å²) < 4.78 is 1.45. The van der Waals surface area contributed by atoms with E-state index in [9.17, 15) is 4.79 Å². The van der Waals surface area contributed by atoms with E-state index in [-0.39, 0.29) is 5.56 Å². The standard InChI is InChI=1S/C24H22N4O/c1-26-13-14-27(21-9-8-18-5-2-3-6-19(18)15-21)23-11-10-22(16-20(23)17-26)28-24(29)7-4-12-25-28/h2-12,15-16H,13-14,17H2,1H3. The zero-order valence-electron chi connectivity index (χ0n) is 16.3. The maximum Gasteiger partial charge on any atom is 0.271 e. The minimum atomic E-state index is -0.124. The van der Waals surface area contributed by atoms with Gasteiger partial charge in [-0.3, -0.25) is 4.79 Å². The molecule has 144 valence electrons. The summed E-state index contributed by atoms with van der Waals surface area (Å²) in [6, 6.07) is 24.4. The van der Waals surface area contributed by atoms with Gasteiger partial charge in [0.05, 0.1) is 5.69 Å². The molecule has 0 saturated carbocycles. The van der Waals surface area contributed by atoms with E-state index in [0.29, 0.717) is 0 Å². The van der Waals surface area contributed by atoms with Crippen molar-refractivity contribution < 1.29 is 0 Å². The van der Waals surface area contributed by atoms with E-state index in [4.69, 9.17) is 0 Å². The number of fused-ring (bicyclic) bond motifs is 2. The number of hydrogen-bond donors (Lipinski definition) is 0. The minimum absolute atomic E-state index is 0.124. The van der Waals surface area contributed by atoms with E-state index in [0.717, 1.165) is 25.3 Å². The average molecular weight is 382 g/mol. The third-order valence-electron chi connectivity index (χ3n) is 5.50. The van der Waals surface area contributed by atoms with E-state index in [2.05, 4.69) is 76.5 Å². The molecule has 29 heavy (non-hydrogen) atoms. The maximum atomic E-state index is 12.2. The van der Waals surface area contributed by atoms with Gasteiger partial charge in [-0.15, -0.1) is 0 Å². The van der Waals surface area contributed by atoms with Crippen LogP contribution in [0.15, 0.2) is 83.8 Å². The Bertz CT molecular complexity index is 1250. The summed E-state index contributed by atoms with van der Waals surface area (Å²) in [6.07, 6.45) is 1.64. The summed E-state index contributed by atoms with van der Waals surface area (Å²) >= 11 is 0. The smallest absolute Gasteiger partial charge is 0.271 e.